The fraction of sp³-hybridized carbons (Fsp3) is 0.481. The van der Waals surface area contributed by atoms with Crippen LogP contribution in [0.3, 0.4) is 0 Å². The van der Waals surface area contributed by atoms with E-state index in [1.54, 1.807) is 17.5 Å². The molecule has 2 aromatic rings. The van der Waals surface area contributed by atoms with Gasteiger partial charge in [0.1, 0.15) is 11.5 Å². The van der Waals surface area contributed by atoms with Gasteiger partial charge in [0.15, 0.2) is 5.75 Å². The fourth-order valence-electron chi connectivity index (χ4n) is 4.51. The Morgan fingerprint density at radius 3 is 2.44 bits per heavy atom. The summed E-state index contributed by atoms with van der Waals surface area (Å²) in [6, 6.07) is 9.21. The Morgan fingerprint density at radius 1 is 1.14 bits per heavy atom. The number of nitrogens with zero attached hydrogens (tertiary/aromatic N) is 1. The number of sulfonamides is 1. The average molecular weight is 554 g/mol. The lowest BCUT2D eigenvalue weighted by molar-refractivity contribution is 0.273. The summed E-state index contributed by atoms with van der Waals surface area (Å²) >= 11 is 13.2. The van der Waals surface area contributed by atoms with Crippen LogP contribution in [-0.2, 0) is 10.0 Å². The first-order chi connectivity index (χ1) is 17.1. The van der Waals surface area contributed by atoms with E-state index in [0.29, 0.717) is 58.4 Å². The van der Waals surface area contributed by atoms with E-state index in [9.17, 15) is 8.42 Å². The molecule has 1 aliphatic heterocycles. The van der Waals surface area contributed by atoms with Crippen LogP contribution in [0.4, 0.5) is 0 Å². The predicted molar refractivity (Wildman–Crippen MR) is 147 cm³/mol. The summed E-state index contributed by atoms with van der Waals surface area (Å²) in [5, 5.41) is 4.02. The molecule has 0 spiro atoms. The molecule has 1 N–H and O–H groups in total. The van der Waals surface area contributed by atoms with Crippen molar-refractivity contribution < 1.29 is 17.9 Å². The van der Waals surface area contributed by atoms with E-state index in [-0.39, 0.29) is 11.2 Å². The molecule has 0 amide bonds. The number of methoxy groups -OCH3 is 1. The summed E-state index contributed by atoms with van der Waals surface area (Å²) < 4.78 is 38.2. The van der Waals surface area contributed by atoms with Gasteiger partial charge in [0.2, 0.25) is 10.0 Å². The minimum atomic E-state index is -3.09. The molecule has 1 aliphatic carbocycles. The summed E-state index contributed by atoms with van der Waals surface area (Å²) in [5.41, 5.74) is 2.41. The summed E-state index contributed by atoms with van der Waals surface area (Å²) in [5.74, 6) is 2.41. The van der Waals surface area contributed by atoms with E-state index in [1.807, 2.05) is 24.3 Å². The minimum Gasteiger partial charge on any atom is -0.496 e. The molecule has 0 bridgehead atoms. The third kappa shape index (κ3) is 5.96. The molecule has 1 saturated carbocycles. The van der Waals surface area contributed by atoms with Gasteiger partial charge in [0, 0.05) is 36.5 Å². The third-order valence-electron chi connectivity index (χ3n) is 6.90. The van der Waals surface area contributed by atoms with Gasteiger partial charge in [-0.05, 0) is 67.9 Å². The summed E-state index contributed by atoms with van der Waals surface area (Å²) in [6.07, 6.45) is 3.25. The first kappa shape index (κ1) is 27.1. The number of nitrogens with one attached hydrogen (secondary N) is 1. The average Bonchev–Trinajstić information content (AvgIpc) is 3.71. The van der Waals surface area contributed by atoms with Crippen molar-refractivity contribution in [3.8, 4) is 17.2 Å². The molecular formula is C27H34Cl2N2O4S. The Hall–Kier alpha value is -1.93. The van der Waals surface area contributed by atoms with Crippen molar-refractivity contribution in [1.29, 1.82) is 0 Å². The summed E-state index contributed by atoms with van der Waals surface area (Å²) in [4.78, 5) is 0. The Labute approximate surface area is 224 Å². The van der Waals surface area contributed by atoms with Gasteiger partial charge in [-0.2, -0.15) is 0 Å². The van der Waals surface area contributed by atoms with Crippen molar-refractivity contribution in [3.63, 3.8) is 0 Å². The highest BCUT2D eigenvalue weighted by molar-refractivity contribution is 7.90. The van der Waals surface area contributed by atoms with Gasteiger partial charge in [-0.15, -0.1) is 0 Å². The van der Waals surface area contributed by atoms with Gasteiger partial charge in [0.25, 0.3) is 0 Å². The number of hydrogen-bond donors (Lipinski definition) is 1. The monoisotopic (exact) mass is 552 g/mol. The molecule has 2 aromatic carbocycles. The van der Waals surface area contributed by atoms with Crippen LogP contribution < -0.4 is 14.8 Å². The molecule has 2 aliphatic rings. The van der Waals surface area contributed by atoms with Crippen molar-refractivity contribution >= 4 is 38.9 Å². The minimum absolute atomic E-state index is 0.148. The Kier molecular flexibility index (Phi) is 8.45. The van der Waals surface area contributed by atoms with Crippen molar-refractivity contribution in [2.75, 3.05) is 26.7 Å². The van der Waals surface area contributed by atoms with Crippen LogP contribution in [0.25, 0.3) is 5.70 Å². The van der Waals surface area contributed by atoms with Gasteiger partial charge in [0.05, 0.1) is 22.4 Å². The van der Waals surface area contributed by atoms with Crippen LogP contribution in [0.1, 0.15) is 56.6 Å². The topological polar surface area (TPSA) is 67.9 Å². The number of hydrogen-bond acceptors (Lipinski definition) is 5. The maximum absolute atomic E-state index is 12.5. The van der Waals surface area contributed by atoms with E-state index in [0.717, 1.165) is 37.0 Å². The third-order valence-corrected chi connectivity index (χ3v) is 9.97. The highest BCUT2D eigenvalue weighted by Gasteiger charge is 2.41. The zero-order chi connectivity index (χ0) is 26.0. The second-order valence-corrected chi connectivity index (χ2v) is 12.8. The normalized spacial score (nSPS) is 17.3. The number of halogens is 2. The second kappa shape index (κ2) is 11.2. The SMILES string of the molecule is C=C(NCC1CCN(S(=O)(=O)C2CC2)CC1)c1ccc(Cl)c(Oc2ccc(OC)c(C(C)C)c2)c1Cl. The van der Waals surface area contributed by atoms with Crippen LogP contribution in [-0.4, -0.2) is 44.7 Å². The number of benzene rings is 2. The van der Waals surface area contributed by atoms with Crippen LogP contribution in [0, 0.1) is 5.92 Å². The second-order valence-electron chi connectivity index (χ2n) is 9.84. The molecule has 0 unspecified atom stereocenters. The molecule has 0 radical (unpaired) electrons. The first-order valence-corrected chi connectivity index (χ1v) is 14.6. The summed E-state index contributed by atoms with van der Waals surface area (Å²) in [6.45, 7) is 10.2. The first-order valence-electron chi connectivity index (χ1n) is 12.4. The largest absolute Gasteiger partial charge is 0.496 e. The lowest BCUT2D eigenvalue weighted by Crippen LogP contribution is -2.42. The van der Waals surface area contributed by atoms with Crippen molar-refractivity contribution in [3.05, 3.63) is 58.1 Å². The lowest BCUT2D eigenvalue weighted by Gasteiger charge is -2.31. The zero-order valence-electron chi connectivity index (χ0n) is 21.0. The number of rotatable bonds is 10. The predicted octanol–water partition coefficient (Wildman–Crippen LogP) is 6.68. The standard InChI is InChI=1S/C27H34Cl2N2O4S/c1-17(2)23-15-20(5-10-25(23)34-4)35-27-24(28)9-8-22(26(27)29)18(3)30-16-19-11-13-31(14-12-19)36(32,33)21-6-7-21/h5,8-10,15,17,19,21,30H,3,6-7,11-14,16H2,1-2,4H3. The Morgan fingerprint density at radius 2 is 1.83 bits per heavy atom. The zero-order valence-corrected chi connectivity index (χ0v) is 23.3. The molecule has 0 aromatic heterocycles. The van der Waals surface area contributed by atoms with E-state index >= 15 is 0 Å². The van der Waals surface area contributed by atoms with Gasteiger partial charge in [-0.25, -0.2) is 12.7 Å². The smallest absolute Gasteiger partial charge is 0.216 e. The molecule has 36 heavy (non-hydrogen) atoms. The molecule has 4 rings (SSSR count). The van der Waals surface area contributed by atoms with Crippen molar-refractivity contribution in [2.45, 2.75) is 50.7 Å². The van der Waals surface area contributed by atoms with E-state index in [4.69, 9.17) is 32.7 Å². The molecule has 2 fully saturated rings. The maximum Gasteiger partial charge on any atom is 0.216 e. The molecule has 9 heteroatoms. The number of ether oxygens (including phenoxy) is 2. The van der Waals surface area contributed by atoms with Crippen LogP contribution in [0.15, 0.2) is 36.9 Å². The Bertz CT molecular complexity index is 1220. The maximum atomic E-state index is 12.5. The van der Waals surface area contributed by atoms with Crippen molar-refractivity contribution in [2.24, 2.45) is 5.92 Å². The van der Waals surface area contributed by atoms with Gasteiger partial charge < -0.3 is 14.8 Å². The number of piperidine rings is 1. The molecular weight excluding hydrogens is 519 g/mol. The molecule has 1 saturated heterocycles. The van der Waals surface area contributed by atoms with Crippen LogP contribution >= 0.6 is 23.2 Å². The molecule has 6 nitrogen and oxygen atoms in total. The van der Waals surface area contributed by atoms with E-state index < -0.39 is 10.0 Å². The van der Waals surface area contributed by atoms with Crippen LogP contribution in [0.2, 0.25) is 10.0 Å². The molecule has 196 valence electrons. The molecule has 0 atom stereocenters. The molecule has 1 heterocycles. The fourth-order valence-corrected chi connectivity index (χ4v) is 6.95. The van der Waals surface area contributed by atoms with Gasteiger partial charge in [-0.3, -0.25) is 0 Å². The lowest BCUT2D eigenvalue weighted by atomic mass is 9.98. The van der Waals surface area contributed by atoms with Crippen molar-refractivity contribution in [1.82, 2.24) is 9.62 Å². The van der Waals surface area contributed by atoms with E-state index in [2.05, 4.69) is 25.7 Å². The highest BCUT2D eigenvalue weighted by atomic mass is 35.5. The van der Waals surface area contributed by atoms with Crippen LogP contribution in [0.5, 0.6) is 17.2 Å². The van der Waals surface area contributed by atoms with Gasteiger partial charge in [-0.1, -0.05) is 43.6 Å². The van der Waals surface area contributed by atoms with E-state index in [1.165, 1.54) is 0 Å². The highest BCUT2D eigenvalue weighted by Crippen LogP contribution is 2.41. The Balaban J connectivity index is 1.40. The quantitative estimate of drug-likeness (QED) is 0.356. The van der Waals surface area contributed by atoms with Gasteiger partial charge >= 0.3 is 0 Å². The summed E-state index contributed by atoms with van der Waals surface area (Å²) in [7, 11) is -1.44.